The first-order valence-electron chi connectivity index (χ1n) is 11.7. The maximum Gasteiger partial charge on any atom is 0.277 e. The van der Waals surface area contributed by atoms with E-state index in [-0.39, 0.29) is 5.91 Å². The predicted molar refractivity (Wildman–Crippen MR) is 145 cm³/mol. The fourth-order valence-electron chi connectivity index (χ4n) is 3.83. The number of amides is 1. The van der Waals surface area contributed by atoms with Crippen LogP contribution in [0.25, 0.3) is 0 Å². The van der Waals surface area contributed by atoms with E-state index in [0.717, 1.165) is 11.3 Å². The van der Waals surface area contributed by atoms with Crippen LogP contribution in [0, 0.1) is 6.92 Å². The molecule has 4 rings (SSSR count). The zero-order chi connectivity index (χ0) is 27.3. The molecule has 12 nitrogen and oxygen atoms in total. The summed E-state index contributed by atoms with van der Waals surface area (Å²) in [6, 6.07) is 12.5. The summed E-state index contributed by atoms with van der Waals surface area (Å²) in [5.74, 6) is 1.38. The van der Waals surface area contributed by atoms with E-state index in [1.807, 2.05) is 25.1 Å². The second kappa shape index (κ2) is 11.5. The Bertz CT molecular complexity index is 1440. The summed E-state index contributed by atoms with van der Waals surface area (Å²) in [5, 5.41) is 11.1. The number of rotatable bonds is 9. The van der Waals surface area contributed by atoms with E-state index >= 15 is 0 Å². The van der Waals surface area contributed by atoms with Crippen molar-refractivity contribution in [1.29, 1.82) is 0 Å². The van der Waals surface area contributed by atoms with Gasteiger partial charge in [0.25, 0.3) is 10.2 Å². The van der Waals surface area contributed by atoms with Crippen LogP contribution < -0.4 is 30.1 Å². The Labute approximate surface area is 221 Å². The first-order chi connectivity index (χ1) is 18.2. The number of hydrogen-bond donors (Lipinski definition) is 3. The van der Waals surface area contributed by atoms with Crippen molar-refractivity contribution in [2.75, 3.05) is 48.8 Å². The zero-order valence-corrected chi connectivity index (χ0v) is 21.9. The number of piperazine rings is 1. The second-order valence-corrected chi connectivity index (χ2v) is 9.99. The first kappa shape index (κ1) is 26.9. The third kappa shape index (κ3) is 6.56. The minimum Gasteiger partial charge on any atom is -0.494 e. The number of carbonyl (C=O) groups is 1. The van der Waals surface area contributed by atoms with Gasteiger partial charge in [-0.1, -0.05) is 12.6 Å². The minimum atomic E-state index is -3.69. The number of ether oxygens (including phenoxy) is 2. The Morgan fingerprint density at radius 1 is 1.16 bits per heavy atom. The molecule has 2 aromatic carbocycles. The highest BCUT2D eigenvalue weighted by Gasteiger charge is 2.24. The normalized spacial score (nSPS) is 14.0. The molecule has 0 aliphatic carbocycles. The summed E-state index contributed by atoms with van der Waals surface area (Å²) in [6.07, 6.45) is 2.83. The second-order valence-electron chi connectivity index (χ2n) is 8.45. The maximum atomic E-state index is 11.6. The molecule has 1 amide bonds. The highest BCUT2D eigenvalue weighted by molar-refractivity contribution is 7.86. The van der Waals surface area contributed by atoms with Crippen LogP contribution >= 0.6 is 0 Å². The van der Waals surface area contributed by atoms with E-state index in [9.17, 15) is 13.2 Å². The number of aromatic nitrogens is 2. The molecule has 0 spiro atoms. The van der Waals surface area contributed by atoms with Crippen molar-refractivity contribution in [2.45, 2.75) is 6.92 Å². The van der Waals surface area contributed by atoms with Crippen molar-refractivity contribution in [3.63, 3.8) is 0 Å². The van der Waals surface area contributed by atoms with Crippen molar-refractivity contribution in [3.05, 3.63) is 66.9 Å². The van der Waals surface area contributed by atoms with Gasteiger partial charge < -0.3 is 25.0 Å². The highest BCUT2D eigenvalue weighted by Crippen LogP contribution is 2.33. The largest absolute Gasteiger partial charge is 0.494 e. The molecule has 1 aliphatic rings. The molecule has 13 heteroatoms. The smallest absolute Gasteiger partial charge is 0.277 e. The summed E-state index contributed by atoms with van der Waals surface area (Å²) in [5.41, 5.74) is 2.81. The lowest BCUT2D eigenvalue weighted by Gasteiger charge is -2.34. The standard InChI is InChI=1S/C25H29N7O5S/c1-4-23(33)28-18-6-5-7-20(14-18)37-24-17(2)16-27-25(30-24)29-21-9-8-19(15-22(21)36-3)31-10-12-32(13-11-31)38(26,34)35/h4-9,14-16H,1,10-13H2,2-3H3,(H,28,33)(H2,26,34,35)(H,27,29,30). The number of benzene rings is 2. The van der Waals surface area contributed by atoms with Gasteiger partial charge in [0.15, 0.2) is 0 Å². The lowest BCUT2D eigenvalue weighted by Crippen LogP contribution is -2.50. The Balaban J connectivity index is 1.48. The summed E-state index contributed by atoms with van der Waals surface area (Å²) in [7, 11) is -2.13. The summed E-state index contributed by atoms with van der Waals surface area (Å²) >= 11 is 0. The van der Waals surface area contributed by atoms with Crippen LogP contribution in [0.5, 0.6) is 17.4 Å². The van der Waals surface area contributed by atoms with Gasteiger partial charge in [0.1, 0.15) is 11.5 Å². The van der Waals surface area contributed by atoms with E-state index in [4.69, 9.17) is 14.6 Å². The lowest BCUT2D eigenvalue weighted by molar-refractivity contribution is -0.111. The van der Waals surface area contributed by atoms with Crippen molar-refractivity contribution in [2.24, 2.45) is 5.14 Å². The summed E-state index contributed by atoms with van der Waals surface area (Å²) < 4.78 is 36.0. The number of aryl methyl sites for hydroxylation is 1. The SMILES string of the molecule is C=CC(=O)Nc1cccc(Oc2nc(Nc3ccc(N4CCN(S(N)(=O)=O)CC4)cc3OC)ncc2C)c1. The molecule has 4 N–H and O–H groups in total. The molecule has 1 saturated heterocycles. The van der Waals surface area contributed by atoms with Crippen LogP contribution in [0.1, 0.15) is 5.56 Å². The number of nitrogens with two attached hydrogens (primary N) is 1. The predicted octanol–water partition coefficient (Wildman–Crippen LogP) is 2.78. The van der Waals surface area contributed by atoms with E-state index in [0.29, 0.717) is 60.9 Å². The maximum absolute atomic E-state index is 11.6. The van der Waals surface area contributed by atoms with Gasteiger partial charge in [-0.2, -0.15) is 17.7 Å². The van der Waals surface area contributed by atoms with Crippen molar-refractivity contribution < 1.29 is 22.7 Å². The summed E-state index contributed by atoms with van der Waals surface area (Å²) in [4.78, 5) is 22.5. The third-order valence-corrected chi connectivity index (χ3v) is 6.91. The van der Waals surface area contributed by atoms with Crippen LogP contribution in [0.2, 0.25) is 0 Å². The Morgan fingerprint density at radius 3 is 2.61 bits per heavy atom. The molecule has 0 unspecified atom stereocenters. The Morgan fingerprint density at radius 2 is 1.92 bits per heavy atom. The van der Waals surface area contributed by atoms with Crippen LogP contribution in [0.15, 0.2) is 61.3 Å². The van der Waals surface area contributed by atoms with Gasteiger partial charge in [-0.25, -0.2) is 10.1 Å². The third-order valence-electron chi connectivity index (χ3n) is 5.82. The lowest BCUT2D eigenvalue weighted by atomic mass is 10.2. The van der Waals surface area contributed by atoms with Gasteiger partial charge in [-0.3, -0.25) is 4.79 Å². The highest BCUT2D eigenvalue weighted by atomic mass is 32.2. The molecule has 0 saturated carbocycles. The quantitative estimate of drug-likeness (QED) is 0.349. The van der Waals surface area contributed by atoms with Gasteiger partial charge in [0.05, 0.1) is 12.8 Å². The van der Waals surface area contributed by atoms with Crippen LogP contribution in [0.3, 0.4) is 0 Å². The van der Waals surface area contributed by atoms with Gasteiger partial charge in [-0.05, 0) is 37.3 Å². The van der Waals surface area contributed by atoms with E-state index < -0.39 is 10.2 Å². The average Bonchev–Trinajstić information content (AvgIpc) is 2.90. The minimum absolute atomic E-state index is 0.300. The van der Waals surface area contributed by atoms with Crippen LogP contribution in [0.4, 0.5) is 23.0 Å². The van der Waals surface area contributed by atoms with E-state index in [1.165, 1.54) is 10.4 Å². The molecule has 1 aliphatic heterocycles. The summed E-state index contributed by atoms with van der Waals surface area (Å²) in [6.45, 7) is 6.91. The average molecular weight is 540 g/mol. The van der Waals surface area contributed by atoms with Crippen molar-refractivity contribution in [3.8, 4) is 17.4 Å². The van der Waals surface area contributed by atoms with Gasteiger partial charge in [0.2, 0.25) is 17.7 Å². The Hall–Kier alpha value is -4.20. The van der Waals surface area contributed by atoms with Gasteiger partial charge >= 0.3 is 0 Å². The molecule has 0 atom stereocenters. The molecule has 1 fully saturated rings. The van der Waals surface area contributed by atoms with E-state index in [1.54, 1.807) is 37.6 Å². The molecular formula is C25H29N7O5S. The topological polar surface area (TPSA) is 152 Å². The van der Waals surface area contributed by atoms with Crippen LogP contribution in [-0.2, 0) is 15.0 Å². The molecule has 2 heterocycles. The molecule has 0 bridgehead atoms. The van der Waals surface area contributed by atoms with Crippen molar-refractivity contribution in [1.82, 2.24) is 14.3 Å². The molecule has 38 heavy (non-hydrogen) atoms. The fourth-order valence-corrected chi connectivity index (χ4v) is 4.51. The number of carbonyl (C=O) groups excluding carboxylic acids is 1. The van der Waals surface area contributed by atoms with Crippen LogP contribution in [-0.4, -0.2) is 61.9 Å². The number of nitrogens with zero attached hydrogens (tertiary/aromatic N) is 4. The molecule has 1 aromatic heterocycles. The first-order valence-corrected chi connectivity index (χ1v) is 13.2. The number of anilines is 4. The number of hydrogen-bond acceptors (Lipinski definition) is 9. The number of methoxy groups -OCH3 is 1. The molecular weight excluding hydrogens is 510 g/mol. The van der Waals surface area contributed by atoms with Gasteiger partial charge in [0, 0.05) is 61.4 Å². The Kier molecular flexibility index (Phi) is 8.10. The fraction of sp³-hybridized carbons (Fsp3) is 0.240. The molecule has 200 valence electrons. The van der Waals surface area contributed by atoms with E-state index in [2.05, 4.69) is 32.1 Å². The van der Waals surface area contributed by atoms with Gasteiger partial charge in [-0.15, -0.1) is 0 Å². The molecule has 0 radical (unpaired) electrons. The van der Waals surface area contributed by atoms with Crippen molar-refractivity contribution >= 4 is 39.1 Å². The number of nitrogens with one attached hydrogen (secondary N) is 2. The zero-order valence-electron chi connectivity index (χ0n) is 21.0. The monoisotopic (exact) mass is 539 g/mol. The molecule has 3 aromatic rings.